The van der Waals surface area contributed by atoms with Gasteiger partial charge in [-0.05, 0) is 26.0 Å². The molecule has 1 saturated heterocycles. The summed E-state index contributed by atoms with van der Waals surface area (Å²) in [4.78, 5) is 25.6. The topological polar surface area (TPSA) is 66.8 Å². The standard InChI is InChI=1S/C15H17NO4/c1-9(2)16-8-11(17)13(15(16)19)14(18)10-6-4-5-7-12(10)20-3/h4-7,9,18H,8H2,1-3H3/b14-13-. The minimum absolute atomic E-state index is 0.00500. The van der Waals surface area contributed by atoms with Crippen molar-refractivity contribution in [2.75, 3.05) is 13.7 Å². The lowest BCUT2D eigenvalue weighted by molar-refractivity contribution is -0.126. The van der Waals surface area contributed by atoms with Gasteiger partial charge in [-0.1, -0.05) is 12.1 Å². The number of aliphatic hydroxyl groups excluding tert-OH is 1. The molecule has 0 aliphatic carbocycles. The van der Waals surface area contributed by atoms with Gasteiger partial charge < -0.3 is 14.7 Å². The van der Waals surface area contributed by atoms with Gasteiger partial charge in [0.25, 0.3) is 5.91 Å². The van der Waals surface area contributed by atoms with Gasteiger partial charge in [-0.2, -0.15) is 0 Å². The van der Waals surface area contributed by atoms with Crippen molar-refractivity contribution in [2.45, 2.75) is 19.9 Å². The first-order chi connectivity index (χ1) is 9.47. The Morgan fingerprint density at radius 2 is 1.95 bits per heavy atom. The van der Waals surface area contributed by atoms with E-state index in [2.05, 4.69) is 0 Å². The van der Waals surface area contributed by atoms with Crippen molar-refractivity contribution < 1.29 is 19.4 Å². The molecular weight excluding hydrogens is 258 g/mol. The molecular formula is C15H17NO4. The number of carbonyl (C=O) groups excluding carboxylic acids is 2. The molecule has 1 N–H and O–H groups in total. The molecule has 5 heteroatoms. The summed E-state index contributed by atoms with van der Waals surface area (Å²) in [6.07, 6.45) is 0. The molecule has 1 heterocycles. The molecule has 0 unspecified atom stereocenters. The van der Waals surface area contributed by atoms with E-state index in [4.69, 9.17) is 4.74 Å². The first kappa shape index (κ1) is 14.1. The maximum absolute atomic E-state index is 12.2. The number of methoxy groups -OCH3 is 1. The Bertz CT molecular complexity index is 589. The largest absolute Gasteiger partial charge is 0.506 e. The summed E-state index contributed by atoms with van der Waals surface area (Å²) in [6.45, 7) is 3.66. The summed E-state index contributed by atoms with van der Waals surface area (Å²) in [7, 11) is 1.47. The fourth-order valence-corrected chi connectivity index (χ4v) is 2.19. The van der Waals surface area contributed by atoms with Crippen LogP contribution in [0.25, 0.3) is 5.76 Å². The molecule has 2 rings (SSSR count). The number of nitrogens with zero attached hydrogens (tertiary/aromatic N) is 1. The molecule has 1 aliphatic heterocycles. The number of aliphatic hydroxyl groups is 1. The molecule has 1 aromatic rings. The third kappa shape index (κ3) is 2.27. The van der Waals surface area contributed by atoms with E-state index in [0.717, 1.165) is 0 Å². The van der Waals surface area contributed by atoms with Gasteiger partial charge in [-0.15, -0.1) is 0 Å². The number of likely N-dealkylation sites (tertiary alicyclic amines) is 1. The highest BCUT2D eigenvalue weighted by Crippen LogP contribution is 2.29. The van der Waals surface area contributed by atoms with Crippen LogP contribution in [0.15, 0.2) is 29.8 Å². The number of Topliss-reactive ketones (excluding diaryl/α,β-unsaturated/α-hetero) is 1. The maximum atomic E-state index is 12.2. The highest BCUT2D eigenvalue weighted by Gasteiger charge is 2.38. The van der Waals surface area contributed by atoms with Crippen LogP contribution in [0.4, 0.5) is 0 Å². The van der Waals surface area contributed by atoms with E-state index in [1.54, 1.807) is 24.3 Å². The summed E-state index contributed by atoms with van der Waals surface area (Å²) < 4.78 is 5.14. The molecule has 0 radical (unpaired) electrons. The number of ketones is 1. The van der Waals surface area contributed by atoms with E-state index >= 15 is 0 Å². The van der Waals surface area contributed by atoms with E-state index in [9.17, 15) is 14.7 Å². The zero-order valence-electron chi connectivity index (χ0n) is 11.7. The zero-order valence-corrected chi connectivity index (χ0v) is 11.7. The van der Waals surface area contributed by atoms with Crippen molar-refractivity contribution in [2.24, 2.45) is 0 Å². The average molecular weight is 275 g/mol. The second-order valence-electron chi connectivity index (χ2n) is 4.87. The monoisotopic (exact) mass is 275 g/mol. The van der Waals surface area contributed by atoms with Crippen LogP contribution in [0.5, 0.6) is 5.75 Å². The number of ether oxygens (including phenoxy) is 1. The Balaban J connectivity index is 2.52. The fourth-order valence-electron chi connectivity index (χ4n) is 2.19. The lowest BCUT2D eigenvalue weighted by atomic mass is 10.1. The van der Waals surface area contributed by atoms with Gasteiger partial charge >= 0.3 is 0 Å². The van der Waals surface area contributed by atoms with Gasteiger partial charge in [0.15, 0.2) is 5.78 Å². The molecule has 106 valence electrons. The third-order valence-electron chi connectivity index (χ3n) is 3.29. The molecule has 0 spiro atoms. The van der Waals surface area contributed by atoms with Crippen LogP contribution in [0.2, 0.25) is 0 Å². The van der Waals surface area contributed by atoms with E-state index in [1.165, 1.54) is 12.0 Å². The lowest BCUT2D eigenvalue weighted by Crippen LogP contribution is -2.32. The summed E-state index contributed by atoms with van der Waals surface area (Å²) in [6, 6.07) is 6.64. The summed E-state index contributed by atoms with van der Waals surface area (Å²) >= 11 is 0. The molecule has 0 bridgehead atoms. The molecule has 1 fully saturated rings. The number of carbonyl (C=O) groups is 2. The Morgan fingerprint density at radius 1 is 1.30 bits per heavy atom. The van der Waals surface area contributed by atoms with Crippen LogP contribution >= 0.6 is 0 Å². The van der Waals surface area contributed by atoms with Crippen LogP contribution in [0, 0.1) is 0 Å². The minimum Gasteiger partial charge on any atom is -0.506 e. The van der Waals surface area contributed by atoms with Gasteiger partial charge in [-0.3, -0.25) is 9.59 Å². The number of hydrogen-bond donors (Lipinski definition) is 1. The number of amides is 1. The number of hydrogen-bond acceptors (Lipinski definition) is 4. The molecule has 1 aliphatic rings. The SMILES string of the molecule is COc1ccccc1/C(O)=C1\C(=O)CN(C(C)C)C1=O. The van der Waals surface area contributed by atoms with Gasteiger partial charge in [0.2, 0.25) is 0 Å². The van der Waals surface area contributed by atoms with Crippen LogP contribution < -0.4 is 4.74 Å². The Morgan fingerprint density at radius 3 is 2.50 bits per heavy atom. The van der Waals surface area contributed by atoms with Crippen molar-refractivity contribution >= 4 is 17.4 Å². The molecule has 0 atom stereocenters. The molecule has 20 heavy (non-hydrogen) atoms. The zero-order chi connectivity index (χ0) is 14.9. The Kier molecular flexibility index (Phi) is 3.79. The second-order valence-corrected chi connectivity index (χ2v) is 4.87. The van der Waals surface area contributed by atoms with Crippen molar-refractivity contribution in [3.8, 4) is 5.75 Å². The maximum Gasteiger partial charge on any atom is 0.262 e. The van der Waals surface area contributed by atoms with Gasteiger partial charge in [0, 0.05) is 6.04 Å². The predicted octanol–water partition coefficient (Wildman–Crippen LogP) is 1.78. The summed E-state index contributed by atoms with van der Waals surface area (Å²) in [5, 5.41) is 10.3. The first-order valence-corrected chi connectivity index (χ1v) is 6.38. The van der Waals surface area contributed by atoms with Crippen LogP contribution in [-0.4, -0.2) is 41.4 Å². The smallest absolute Gasteiger partial charge is 0.262 e. The predicted molar refractivity (Wildman–Crippen MR) is 74.4 cm³/mol. The summed E-state index contributed by atoms with van der Waals surface area (Å²) in [5.41, 5.74) is 0.181. The summed E-state index contributed by atoms with van der Waals surface area (Å²) in [5.74, 6) is -0.706. The van der Waals surface area contributed by atoms with E-state index in [-0.39, 0.29) is 29.7 Å². The second kappa shape index (κ2) is 5.36. The average Bonchev–Trinajstić information content (AvgIpc) is 2.73. The molecule has 0 aromatic heterocycles. The number of para-hydroxylation sites is 1. The van der Waals surface area contributed by atoms with Gasteiger partial charge in [-0.25, -0.2) is 0 Å². The van der Waals surface area contributed by atoms with Gasteiger partial charge in [0.1, 0.15) is 17.1 Å². The van der Waals surface area contributed by atoms with Crippen LogP contribution in [0.1, 0.15) is 19.4 Å². The van der Waals surface area contributed by atoms with Crippen LogP contribution in [-0.2, 0) is 9.59 Å². The highest BCUT2D eigenvalue weighted by molar-refractivity contribution is 6.28. The third-order valence-corrected chi connectivity index (χ3v) is 3.29. The first-order valence-electron chi connectivity index (χ1n) is 6.38. The Labute approximate surface area is 117 Å². The van der Waals surface area contributed by atoms with E-state index in [0.29, 0.717) is 11.3 Å². The molecule has 5 nitrogen and oxygen atoms in total. The minimum atomic E-state index is -0.437. The number of rotatable bonds is 3. The van der Waals surface area contributed by atoms with Crippen molar-refractivity contribution in [1.82, 2.24) is 4.90 Å². The van der Waals surface area contributed by atoms with Crippen molar-refractivity contribution in [3.05, 3.63) is 35.4 Å². The van der Waals surface area contributed by atoms with E-state index in [1.807, 2.05) is 13.8 Å². The molecule has 0 saturated carbocycles. The molecule has 1 amide bonds. The normalized spacial score (nSPS) is 17.9. The van der Waals surface area contributed by atoms with E-state index < -0.39 is 5.91 Å². The number of benzene rings is 1. The van der Waals surface area contributed by atoms with Gasteiger partial charge in [0.05, 0.1) is 19.2 Å². The highest BCUT2D eigenvalue weighted by atomic mass is 16.5. The van der Waals surface area contributed by atoms with Crippen molar-refractivity contribution in [1.29, 1.82) is 0 Å². The van der Waals surface area contributed by atoms with Crippen LogP contribution in [0.3, 0.4) is 0 Å². The lowest BCUT2D eigenvalue weighted by Gasteiger charge is -2.18. The Hall–Kier alpha value is -2.30. The quantitative estimate of drug-likeness (QED) is 0.519. The molecule has 1 aromatic carbocycles. The fraction of sp³-hybridized carbons (Fsp3) is 0.333. The van der Waals surface area contributed by atoms with Crippen molar-refractivity contribution in [3.63, 3.8) is 0 Å².